The fourth-order valence-corrected chi connectivity index (χ4v) is 3.91. The van der Waals surface area contributed by atoms with E-state index < -0.39 is 34.1 Å². The number of aliphatic hydroxyl groups excluding tert-OH is 1. The molecule has 2 unspecified atom stereocenters. The average molecular weight is 417 g/mol. The van der Waals surface area contributed by atoms with Gasteiger partial charge in [-0.3, -0.25) is 4.79 Å². The number of fused-ring (bicyclic) bond motifs is 1. The summed E-state index contributed by atoms with van der Waals surface area (Å²) in [7, 11) is -3.87. The highest BCUT2D eigenvalue weighted by atomic mass is 35.5. The summed E-state index contributed by atoms with van der Waals surface area (Å²) < 4.78 is 22.6. The number of halogens is 2. The number of carbonyl (C=O) groups is 1. The number of aliphatic hydroxyl groups is 2. The Hall–Kier alpha value is -1.68. The van der Waals surface area contributed by atoms with Gasteiger partial charge >= 0.3 is 0 Å². The van der Waals surface area contributed by atoms with E-state index in [1.807, 2.05) is 0 Å². The van der Waals surface area contributed by atoms with Gasteiger partial charge in [0, 0.05) is 17.0 Å². The molecule has 0 spiro atoms. The van der Waals surface area contributed by atoms with Gasteiger partial charge in [0.15, 0.2) is 5.60 Å². The van der Waals surface area contributed by atoms with E-state index in [2.05, 4.69) is 5.32 Å². The van der Waals surface area contributed by atoms with Crippen molar-refractivity contribution in [3.63, 3.8) is 0 Å². The Morgan fingerprint density at radius 2 is 1.69 bits per heavy atom. The SMILES string of the molecule is NS(=O)(=O)c1ccc(C(O)CC2(O)C(=O)Nc3c(Cl)ccc(Cl)c32)cc1. The number of hydrogen-bond donors (Lipinski definition) is 4. The molecule has 0 aromatic heterocycles. The van der Waals surface area contributed by atoms with Crippen LogP contribution < -0.4 is 10.5 Å². The number of sulfonamides is 1. The summed E-state index contributed by atoms with van der Waals surface area (Å²) in [6.45, 7) is 0. The highest BCUT2D eigenvalue weighted by molar-refractivity contribution is 7.89. The second-order valence-electron chi connectivity index (χ2n) is 5.93. The maximum atomic E-state index is 12.3. The highest BCUT2D eigenvalue weighted by Gasteiger charge is 2.49. The van der Waals surface area contributed by atoms with Crippen molar-refractivity contribution in [2.75, 3.05) is 5.32 Å². The second kappa shape index (κ2) is 6.49. The van der Waals surface area contributed by atoms with Crippen LogP contribution in [0.15, 0.2) is 41.3 Å². The number of benzene rings is 2. The van der Waals surface area contributed by atoms with Gasteiger partial charge in [-0.1, -0.05) is 35.3 Å². The molecular weight excluding hydrogens is 403 g/mol. The number of rotatable bonds is 4. The van der Waals surface area contributed by atoms with E-state index in [-0.39, 0.29) is 26.2 Å². The smallest absolute Gasteiger partial charge is 0.261 e. The Labute approximate surface area is 159 Å². The molecule has 0 bridgehead atoms. The molecule has 0 fully saturated rings. The lowest BCUT2D eigenvalue weighted by Gasteiger charge is -2.25. The Bertz CT molecular complexity index is 994. The van der Waals surface area contributed by atoms with E-state index in [4.69, 9.17) is 28.3 Å². The summed E-state index contributed by atoms with van der Waals surface area (Å²) in [4.78, 5) is 12.2. The first kappa shape index (κ1) is 19.1. The summed E-state index contributed by atoms with van der Waals surface area (Å²) in [5.41, 5.74) is -1.50. The van der Waals surface area contributed by atoms with E-state index in [1.165, 1.54) is 36.4 Å². The fourth-order valence-electron chi connectivity index (χ4n) is 2.88. The topological polar surface area (TPSA) is 130 Å². The molecule has 1 aliphatic heterocycles. The predicted octanol–water partition coefficient (Wildman–Crippen LogP) is 1.90. The monoisotopic (exact) mass is 416 g/mol. The van der Waals surface area contributed by atoms with Crippen LogP contribution in [0.2, 0.25) is 10.0 Å². The summed E-state index contributed by atoms with van der Waals surface area (Å²) in [5, 5.41) is 29.2. The van der Waals surface area contributed by atoms with Gasteiger partial charge in [-0.25, -0.2) is 13.6 Å². The predicted molar refractivity (Wildman–Crippen MR) is 96.4 cm³/mol. The first-order valence-electron chi connectivity index (χ1n) is 7.37. The lowest BCUT2D eigenvalue weighted by molar-refractivity contribution is -0.137. The van der Waals surface area contributed by atoms with E-state index in [0.717, 1.165) is 0 Å². The number of primary sulfonamides is 1. The maximum Gasteiger partial charge on any atom is 0.261 e. The van der Waals surface area contributed by atoms with Crippen LogP contribution in [-0.2, 0) is 20.4 Å². The first-order chi connectivity index (χ1) is 12.0. The molecule has 26 heavy (non-hydrogen) atoms. The minimum absolute atomic E-state index is 0.0943. The maximum absolute atomic E-state index is 12.3. The molecule has 0 radical (unpaired) electrons. The second-order valence-corrected chi connectivity index (χ2v) is 8.30. The van der Waals surface area contributed by atoms with Crippen LogP contribution in [0.25, 0.3) is 0 Å². The van der Waals surface area contributed by atoms with Crippen molar-refractivity contribution in [3.05, 3.63) is 57.6 Å². The number of amides is 1. The van der Waals surface area contributed by atoms with Crippen LogP contribution in [0.4, 0.5) is 5.69 Å². The Kier molecular flexibility index (Phi) is 4.76. The van der Waals surface area contributed by atoms with Crippen LogP contribution in [0.3, 0.4) is 0 Å². The molecule has 7 nitrogen and oxygen atoms in total. The van der Waals surface area contributed by atoms with Gasteiger partial charge in [-0.05, 0) is 29.8 Å². The zero-order chi connectivity index (χ0) is 19.3. The quantitative estimate of drug-likeness (QED) is 0.604. The van der Waals surface area contributed by atoms with Crippen LogP contribution >= 0.6 is 23.2 Å². The number of hydrogen-bond acceptors (Lipinski definition) is 5. The number of anilines is 1. The van der Waals surface area contributed by atoms with E-state index >= 15 is 0 Å². The summed E-state index contributed by atoms with van der Waals surface area (Å²) in [5.74, 6) is -0.761. The van der Waals surface area contributed by atoms with Crippen LogP contribution in [-0.4, -0.2) is 24.5 Å². The van der Waals surface area contributed by atoms with E-state index in [1.54, 1.807) is 0 Å². The molecule has 0 saturated heterocycles. The van der Waals surface area contributed by atoms with Crippen molar-refractivity contribution in [3.8, 4) is 0 Å². The fraction of sp³-hybridized carbons (Fsp3) is 0.188. The molecule has 1 amide bonds. The van der Waals surface area contributed by atoms with Gasteiger partial charge in [-0.15, -0.1) is 0 Å². The van der Waals surface area contributed by atoms with Gasteiger partial charge in [0.25, 0.3) is 5.91 Å². The average Bonchev–Trinajstić information content (AvgIpc) is 2.83. The van der Waals surface area contributed by atoms with Crippen molar-refractivity contribution >= 4 is 44.8 Å². The van der Waals surface area contributed by atoms with Gasteiger partial charge in [-0.2, -0.15) is 0 Å². The van der Waals surface area contributed by atoms with Crippen molar-refractivity contribution in [2.24, 2.45) is 5.14 Å². The molecule has 2 aromatic carbocycles. The lowest BCUT2D eigenvalue weighted by atomic mass is 9.87. The van der Waals surface area contributed by atoms with Crippen molar-refractivity contribution in [2.45, 2.75) is 23.0 Å². The number of carbonyl (C=O) groups excluding carboxylic acids is 1. The third kappa shape index (κ3) is 3.20. The van der Waals surface area contributed by atoms with Crippen LogP contribution in [0, 0.1) is 0 Å². The minimum Gasteiger partial charge on any atom is -0.388 e. The standard InChI is InChI=1S/C16H14Cl2N2O5S/c17-10-5-6-11(18)14-13(10)16(23,15(22)20-14)7-12(21)8-1-3-9(4-2-8)26(19,24)25/h1-6,12,21,23H,7H2,(H,20,22)(H2,19,24,25). The molecule has 1 heterocycles. The summed E-state index contributed by atoms with van der Waals surface area (Å²) in [6.07, 6.45) is -1.68. The Morgan fingerprint density at radius 1 is 1.12 bits per heavy atom. The van der Waals surface area contributed by atoms with E-state index in [0.29, 0.717) is 5.56 Å². The normalized spacial score (nSPS) is 20.6. The minimum atomic E-state index is -3.87. The van der Waals surface area contributed by atoms with Gasteiger partial charge < -0.3 is 15.5 Å². The number of nitrogens with one attached hydrogen (secondary N) is 1. The molecule has 0 saturated carbocycles. The third-order valence-corrected chi connectivity index (χ3v) is 5.77. The third-order valence-electron chi connectivity index (χ3n) is 4.21. The first-order valence-corrected chi connectivity index (χ1v) is 9.67. The lowest BCUT2D eigenvalue weighted by Crippen LogP contribution is -2.36. The zero-order valence-electron chi connectivity index (χ0n) is 13.1. The Morgan fingerprint density at radius 3 is 2.27 bits per heavy atom. The molecular formula is C16H14Cl2N2O5S. The largest absolute Gasteiger partial charge is 0.388 e. The van der Waals surface area contributed by atoms with Crippen molar-refractivity contribution in [1.29, 1.82) is 0 Å². The Balaban J connectivity index is 1.94. The molecule has 3 rings (SSSR count). The molecule has 1 aliphatic rings. The molecule has 10 heteroatoms. The highest BCUT2D eigenvalue weighted by Crippen LogP contribution is 2.47. The van der Waals surface area contributed by atoms with Gasteiger partial charge in [0.1, 0.15) is 0 Å². The molecule has 2 aromatic rings. The van der Waals surface area contributed by atoms with Crippen molar-refractivity contribution in [1.82, 2.24) is 0 Å². The summed E-state index contributed by atoms with van der Waals surface area (Å²) >= 11 is 12.2. The molecule has 138 valence electrons. The summed E-state index contributed by atoms with van der Waals surface area (Å²) in [6, 6.07) is 8.08. The van der Waals surface area contributed by atoms with Gasteiger partial charge in [0.2, 0.25) is 10.0 Å². The number of nitrogens with two attached hydrogens (primary N) is 1. The molecule has 0 aliphatic carbocycles. The van der Waals surface area contributed by atoms with Gasteiger partial charge in [0.05, 0.1) is 21.7 Å². The van der Waals surface area contributed by atoms with E-state index in [9.17, 15) is 23.4 Å². The molecule has 5 N–H and O–H groups in total. The van der Waals surface area contributed by atoms with Crippen molar-refractivity contribution < 1.29 is 23.4 Å². The van der Waals surface area contributed by atoms with Crippen LogP contribution in [0.1, 0.15) is 23.7 Å². The van der Waals surface area contributed by atoms with Crippen LogP contribution in [0.5, 0.6) is 0 Å². The molecule has 2 atom stereocenters. The zero-order valence-corrected chi connectivity index (χ0v) is 15.4.